The Kier molecular flexibility index (Phi) is 4.15. The van der Waals surface area contributed by atoms with Crippen molar-refractivity contribution in [2.45, 2.75) is 64.7 Å². The highest BCUT2D eigenvalue weighted by Gasteiger charge is 2.25. The molecule has 18 heavy (non-hydrogen) atoms. The van der Waals surface area contributed by atoms with Crippen LogP contribution in [-0.4, -0.2) is 15.0 Å². The van der Waals surface area contributed by atoms with Crippen LogP contribution in [0.2, 0.25) is 0 Å². The Hall–Kier alpha value is -1.19. The third kappa shape index (κ3) is 2.98. The molecule has 2 rings (SSSR count). The molecule has 4 nitrogen and oxygen atoms in total. The summed E-state index contributed by atoms with van der Waals surface area (Å²) in [5.74, 6) is 3.73. The lowest BCUT2D eigenvalue weighted by Crippen LogP contribution is -2.18. The predicted octanol–water partition coefficient (Wildman–Crippen LogP) is 3.26. The van der Waals surface area contributed by atoms with Crippen molar-refractivity contribution in [3.05, 3.63) is 11.6 Å². The van der Waals surface area contributed by atoms with Crippen molar-refractivity contribution in [2.24, 2.45) is 5.92 Å². The molecule has 0 aliphatic heterocycles. The van der Waals surface area contributed by atoms with E-state index in [1.54, 1.807) is 0 Å². The standard InChI is InChI=1S/C14H24N4/c1-4-10-6-5-7-11(8-10)13-16-12(9(2)3)17-14(15)18-13/h9-11H,4-8H2,1-3H3,(H2,15,16,17,18). The average Bonchev–Trinajstić information content (AvgIpc) is 2.38. The molecule has 0 spiro atoms. The van der Waals surface area contributed by atoms with Gasteiger partial charge in [-0.25, -0.2) is 4.98 Å². The van der Waals surface area contributed by atoms with E-state index in [2.05, 4.69) is 35.7 Å². The van der Waals surface area contributed by atoms with E-state index in [0.29, 0.717) is 17.8 Å². The first-order chi connectivity index (χ1) is 8.60. The fourth-order valence-corrected chi connectivity index (χ4v) is 2.76. The SMILES string of the molecule is CCC1CCCC(c2nc(N)nc(C(C)C)n2)C1. The molecule has 1 aliphatic carbocycles. The summed E-state index contributed by atoms with van der Waals surface area (Å²) in [4.78, 5) is 13.2. The van der Waals surface area contributed by atoms with Crippen LogP contribution < -0.4 is 5.73 Å². The Bertz CT molecular complexity index is 403. The van der Waals surface area contributed by atoms with E-state index in [9.17, 15) is 0 Å². The molecule has 2 N–H and O–H groups in total. The van der Waals surface area contributed by atoms with Gasteiger partial charge >= 0.3 is 0 Å². The second kappa shape index (κ2) is 5.63. The van der Waals surface area contributed by atoms with Gasteiger partial charge in [0.15, 0.2) is 0 Å². The van der Waals surface area contributed by atoms with Gasteiger partial charge in [-0.15, -0.1) is 0 Å². The van der Waals surface area contributed by atoms with Crippen molar-refractivity contribution in [3.63, 3.8) is 0 Å². The lowest BCUT2D eigenvalue weighted by atomic mass is 9.80. The summed E-state index contributed by atoms with van der Waals surface area (Å²) in [7, 11) is 0. The van der Waals surface area contributed by atoms with Crippen LogP contribution >= 0.6 is 0 Å². The highest BCUT2D eigenvalue weighted by atomic mass is 15.1. The van der Waals surface area contributed by atoms with Gasteiger partial charge < -0.3 is 5.73 Å². The molecule has 1 aliphatic rings. The number of nitrogen functional groups attached to an aromatic ring is 1. The summed E-state index contributed by atoms with van der Waals surface area (Å²) in [5.41, 5.74) is 5.81. The van der Waals surface area contributed by atoms with Crippen molar-refractivity contribution in [1.29, 1.82) is 0 Å². The van der Waals surface area contributed by atoms with Crippen LogP contribution in [-0.2, 0) is 0 Å². The van der Waals surface area contributed by atoms with Gasteiger partial charge in [-0.05, 0) is 18.8 Å². The highest BCUT2D eigenvalue weighted by molar-refractivity contribution is 5.19. The lowest BCUT2D eigenvalue weighted by molar-refractivity contribution is 0.306. The summed E-state index contributed by atoms with van der Waals surface area (Å²) in [6.07, 6.45) is 6.29. The summed E-state index contributed by atoms with van der Waals surface area (Å²) in [5, 5.41) is 0. The normalized spacial score (nSPS) is 24.4. The summed E-state index contributed by atoms with van der Waals surface area (Å²) in [6.45, 7) is 6.46. The van der Waals surface area contributed by atoms with Gasteiger partial charge in [-0.2, -0.15) is 9.97 Å². The molecule has 1 saturated carbocycles. The zero-order chi connectivity index (χ0) is 13.1. The van der Waals surface area contributed by atoms with Gasteiger partial charge in [0, 0.05) is 11.8 Å². The van der Waals surface area contributed by atoms with E-state index in [0.717, 1.165) is 17.6 Å². The Labute approximate surface area is 109 Å². The van der Waals surface area contributed by atoms with Crippen LogP contribution in [0.15, 0.2) is 0 Å². The maximum Gasteiger partial charge on any atom is 0.223 e. The van der Waals surface area contributed by atoms with Crippen LogP contribution in [0, 0.1) is 5.92 Å². The molecule has 1 aromatic rings. The predicted molar refractivity (Wildman–Crippen MR) is 73.3 cm³/mol. The van der Waals surface area contributed by atoms with Gasteiger partial charge in [0.25, 0.3) is 0 Å². The van der Waals surface area contributed by atoms with Crippen LogP contribution in [0.1, 0.15) is 76.4 Å². The summed E-state index contributed by atoms with van der Waals surface area (Å²) in [6, 6.07) is 0. The smallest absolute Gasteiger partial charge is 0.223 e. The number of anilines is 1. The molecular formula is C14H24N4. The van der Waals surface area contributed by atoms with Gasteiger partial charge in [-0.3, -0.25) is 0 Å². The van der Waals surface area contributed by atoms with Gasteiger partial charge in [-0.1, -0.05) is 40.0 Å². The number of nitrogens with two attached hydrogens (primary N) is 1. The summed E-state index contributed by atoms with van der Waals surface area (Å²) >= 11 is 0. The van der Waals surface area contributed by atoms with Crippen molar-refractivity contribution < 1.29 is 0 Å². The average molecular weight is 248 g/mol. The topological polar surface area (TPSA) is 64.7 Å². The van der Waals surface area contributed by atoms with E-state index in [1.807, 2.05) is 0 Å². The fraction of sp³-hybridized carbons (Fsp3) is 0.786. The minimum absolute atomic E-state index is 0.305. The zero-order valence-electron chi connectivity index (χ0n) is 11.7. The molecule has 0 saturated heterocycles. The molecule has 2 atom stereocenters. The van der Waals surface area contributed by atoms with Gasteiger partial charge in [0.05, 0.1) is 0 Å². The van der Waals surface area contributed by atoms with Crippen molar-refractivity contribution in [3.8, 4) is 0 Å². The molecule has 2 unspecified atom stereocenters. The third-order valence-electron chi connectivity index (χ3n) is 3.93. The molecule has 0 bridgehead atoms. The van der Waals surface area contributed by atoms with Crippen molar-refractivity contribution in [2.75, 3.05) is 5.73 Å². The van der Waals surface area contributed by atoms with E-state index in [4.69, 9.17) is 5.73 Å². The number of hydrogen-bond donors (Lipinski definition) is 1. The maximum absolute atomic E-state index is 5.81. The Morgan fingerprint density at radius 1 is 1.22 bits per heavy atom. The Balaban J connectivity index is 2.21. The molecule has 100 valence electrons. The zero-order valence-corrected chi connectivity index (χ0v) is 11.7. The maximum atomic E-state index is 5.81. The second-order valence-electron chi connectivity index (χ2n) is 5.70. The van der Waals surface area contributed by atoms with Crippen LogP contribution in [0.4, 0.5) is 5.95 Å². The van der Waals surface area contributed by atoms with E-state index in [-0.39, 0.29) is 0 Å². The molecule has 0 aromatic carbocycles. The van der Waals surface area contributed by atoms with Crippen LogP contribution in [0.5, 0.6) is 0 Å². The van der Waals surface area contributed by atoms with Gasteiger partial charge in [0.1, 0.15) is 11.6 Å². The Morgan fingerprint density at radius 2 is 2.00 bits per heavy atom. The second-order valence-corrected chi connectivity index (χ2v) is 5.70. The Morgan fingerprint density at radius 3 is 2.67 bits per heavy atom. The van der Waals surface area contributed by atoms with Crippen molar-refractivity contribution in [1.82, 2.24) is 15.0 Å². The fourth-order valence-electron chi connectivity index (χ4n) is 2.76. The van der Waals surface area contributed by atoms with E-state index in [1.165, 1.54) is 32.1 Å². The quantitative estimate of drug-likeness (QED) is 0.891. The minimum atomic E-state index is 0.305. The van der Waals surface area contributed by atoms with Crippen LogP contribution in [0.3, 0.4) is 0 Å². The summed E-state index contributed by atoms with van der Waals surface area (Å²) < 4.78 is 0. The van der Waals surface area contributed by atoms with E-state index >= 15 is 0 Å². The first-order valence-corrected chi connectivity index (χ1v) is 7.11. The first-order valence-electron chi connectivity index (χ1n) is 7.11. The molecule has 1 aromatic heterocycles. The molecule has 4 heteroatoms. The number of rotatable bonds is 3. The molecular weight excluding hydrogens is 224 g/mol. The molecule has 0 amide bonds. The minimum Gasteiger partial charge on any atom is -0.368 e. The monoisotopic (exact) mass is 248 g/mol. The lowest BCUT2D eigenvalue weighted by Gasteiger charge is -2.27. The number of hydrogen-bond acceptors (Lipinski definition) is 4. The largest absolute Gasteiger partial charge is 0.368 e. The van der Waals surface area contributed by atoms with Gasteiger partial charge in [0.2, 0.25) is 5.95 Å². The number of aromatic nitrogens is 3. The van der Waals surface area contributed by atoms with Crippen molar-refractivity contribution >= 4 is 5.95 Å². The molecule has 1 heterocycles. The van der Waals surface area contributed by atoms with Crippen LogP contribution in [0.25, 0.3) is 0 Å². The third-order valence-corrected chi connectivity index (χ3v) is 3.93. The molecule has 1 fully saturated rings. The highest BCUT2D eigenvalue weighted by Crippen LogP contribution is 2.36. The molecule has 0 radical (unpaired) electrons. The number of nitrogens with zero attached hydrogens (tertiary/aromatic N) is 3. The van der Waals surface area contributed by atoms with E-state index < -0.39 is 0 Å². The first kappa shape index (κ1) is 13.2.